The minimum Gasteiger partial charge on any atom is -0.456 e. The Morgan fingerprint density at radius 2 is 0.598 bits per heavy atom. The lowest BCUT2D eigenvalue weighted by Gasteiger charge is -2.27. The third kappa shape index (κ3) is 9.36. The third-order valence-corrected chi connectivity index (χ3v) is 19.2. The summed E-state index contributed by atoms with van der Waals surface area (Å²) >= 11 is 0. The van der Waals surface area contributed by atoms with E-state index in [9.17, 15) is 0 Å². The Balaban J connectivity index is 0.803. The van der Waals surface area contributed by atoms with Gasteiger partial charge in [0.05, 0.1) is 33.4 Å². The van der Waals surface area contributed by atoms with Crippen molar-refractivity contribution in [1.29, 1.82) is 0 Å². The second-order valence-electron chi connectivity index (χ2n) is 29.5. The lowest BCUT2D eigenvalue weighted by atomic mass is 9.80. The molecule has 0 amide bonds. The first-order valence-corrected chi connectivity index (χ1v) is 32.5. The molecule has 16 rings (SSSR count). The van der Waals surface area contributed by atoms with Gasteiger partial charge in [-0.05, 0) is 188 Å². The Labute approximate surface area is 538 Å². The van der Waals surface area contributed by atoms with E-state index >= 15 is 0 Å². The van der Waals surface area contributed by atoms with Gasteiger partial charge in [-0.15, -0.1) is 0 Å². The van der Waals surface area contributed by atoms with Crippen LogP contribution in [0.2, 0.25) is 0 Å². The quantitative estimate of drug-likeness (QED) is 0.152. The smallest absolute Gasteiger partial charge is 0.137 e. The van der Waals surface area contributed by atoms with Crippen molar-refractivity contribution in [2.75, 3.05) is 9.80 Å². The van der Waals surface area contributed by atoms with Gasteiger partial charge in [0.1, 0.15) is 22.3 Å². The fraction of sp³-hybridized carbons (Fsp3) is 0.186. The highest BCUT2D eigenvalue weighted by molar-refractivity contribution is 6.20. The van der Waals surface area contributed by atoms with Crippen molar-refractivity contribution < 1.29 is 8.83 Å². The minimum atomic E-state index is -0.0341. The van der Waals surface area contributed by atoms with Crippen LogP contribution in [0, 0.1) is 0 Å². The topological polar surface area (TPSA) is 42.6 Å². The Morgan fingerprint density at radius 1 is 0.261 bits per heavy atom. The van der Waals surface area contributed by atoms with E-state index in [1.807, 2.05) is 0 Å². The monoisotopic (exact) mass is 1200 g/mol. The van der Waals surface area contributed by atoms with Crippen LogP contribution in [0.1, 0.15) is 105 Å². The summed E-state index contributed by atoms with van der Waals surface area (Å²) in [7, 11) is 0. The lowest BCUT2D eigenvalue weighted by molar-refractivity contribution is 0.567. The molecule has 0 unspecified atom stereocenters. The number of benzene rings is 12. The normalized spacial score (nSPS) is 12.8. The predicted molar refractivity (Wildman–Crippen MR) is 391 cm³/mol. The highest BCUT2D eigenvalue weighted by Crippen LogP contribution is 2.49. The van der Waals surface area contributed by atoms with E-state index in [4.69, 9.17) is 8.83 Å². The van der Waals surface area contributed by atoms with Gasteiger partial charge in [-0.2, -0.15) is 0 Å². The van der Waals surface area contributed by atoms with Gasteiger partial charge in [0.15, 0.2) is 0 Å². The molecule has 4 heterocycles. The SMILES string of the molecule is CC(C)(C)c1cc(-n2c3ccccc3c3c(N(c4ccccc4)c4ccc5c(c4)oc4cc6cc7oc8cc(N(c9ccccc9)c9cccc%10c9c9ccccc9n%10-c9cc(C(C)(C)C)cc(C(C)(C)C)c9)ccc8c7cc6cc45)cccc32)cc(C(C)(C)C)c1. The zero-order valence-corrected chi connectivity index (χ0v) is 54.7. The number of anilines is 6. The Hall–Kier alpha value is -10.3. The summed E-state index contributed by atoms with van der Waals surface area (Å²) in [6.07, 6.45) is 0. The van der Waals surface area contributed by atoms with Gasteiger partial charge in [-0.25, -0.2) is 0 Å². The second-order valence-corrected chi connectivity index (χ2v) is 29.5. The summed E-state index contributed by atoms with van der Waals surface area (Å²) in [4.78, 5) is 4.79. The minimum absolute atomic E-state index is 0.0341. The van der Waals surface area contributed by atoms with Crippen molar-refractivity contribution >= 4 is 132 Å². The van der Waals surface area contributed by atoms with Crippen molar-refractivity contribution in [2.45, 2.75) is 105 Å². The fourth-order valence-electron chi connectivity index (χ4n) is 14.2. The highest BCUT2D eigenvalue weighted by atomic mass is 16.3. The highest BCUT2D eigenvalue weighted by Gasteiger charge is 2.29. The summed E-state index contributed by atoms with van der Waals surface area (Å²) < 4.78 is 18.9. The fourth-order valence-corrected chi connectivity index (χ4v) is 14.2. The molecular weight excluding hydrogens is 1120 g/mol. The molecule has 452 valence electrons. The molecule has 0 aliphatic rings. The Kier molecular flexibility index (Phi) is 12.7. The molecule has 0 bridgehead atoms. The van der Waals surface area contributed by atoms with Gasteiger partial charge in [-0.3, -0.25) is 0 Å². The predicted octanol–water partition coefficient (Wildman–Crippen LogP) is 25.0. The van der Waals surface area contributed by atoms with Crippen LogP contribution in [0.4, 0.5) is 34.1 Å². The molecule has 0 fully saturated rings. The van der Waals surface area contributed by atoms with Gasteiger partial charge >= 0.3 is 0 Å². The number of para-hydroxylation sites is 4. The van der Waals surface area contributed by atoms with Crippen molar-refractivity contribution in [2.24, 2.45) is 0 Å². The number of nitrogens with zero attached hydrogens (tertiary/aromatic N) is 4. The summed E-state index contributed by atoms with van der Waals surface area (Å²) in [5, 5.41) is 11.2. The first-order valence-electron chi connectivity index (χ1n) is 32.5. The molecule has 92 heavy (non-hydrogen) atoms. The summed E-state index contributed by atoms with van der Waals surface area (Å²) in [5.41, 5.74) is 21.8. The largest absolute Gasteiger partial charge is 0.456 e. The van der Waals surface area contributed by atoms with E-state index in [2.05, 4.69) is 345 Å². The van der Waals surface area contributed by atoms with E-state index < -0.39 is 0 Å². The molecule has 0 atom stereocenters. The molecule has 4 aromatic heterocycles. The van der Waals surface area contributed by atoms with Crippen LogP contribution in [0.3, 0.4) is 0 Å². The Bertz CT molecular complexity index is 5220. The van der Waals surface area contributed by atoms with Gasteiger partial charge < -0.3 is 27.8 Å². The standard InChI is InChI=1S/C86H76N4O2/c1-83(2,3)55-45-56(84(4,5)6)48-63(47-55)89-71-31-21-19-29-67(71)81-73(33-23-35-75(81)89)87(59-25-15-13-16-26-59)61-37-39-65-69-41-53-42-70-66-40-38-62(52-80(66)92-78(70)44-54(53)43-77(69)91-79(65)51-61)88(60-27-17-14-18-28-60)74-34-24-36-76-82(74)68-30-20-22-32-72(68)90(76)64-49-57(85(7,8)9)46-58(50-64)86(10,11)12/h13-52H,1-12H3. The van der Waals surface area contributed by atoms with E-state index in [0.717, 1.165) is 99.8 Å². The van der Waals surface area contributed by atoms with E-state index in [0.29, 0.717) is 0 Å². The molecule has 0 radical (unpaired) electrons. The molecule has 0 aliphatic heterocycles. The van der Waals surface area contributed by atoms with Gasteiger partial charge in [0.2, 0.25) is 0 Å². The average Bonchev–Trinajstić information content (AvgIpc) is 1.58. The number of aromatic nitrogens is 2. The van der Waals surface area contributed by atoms with Gasteiger partial charge in [0, 0.05) is 89.3 Å². The molecule has 0 spiro atoms. The summed E-state index contributed by atoms with van der Waals surface area (Å²) in [6.45, 7) is 27.8. The van der Waals surface area contributed by atoms with Gasteiger partial charge in [0.25, 0.3) is 0 Å². The molecule has 12 aromatic carbocycles. The zero-order valence-electron chi connectivity index (χ0n) is 54.7. The Morgan fingerprint density at radius 3 is 0.978 bits per heavy atom. The zero-order chi connectivity index (χ0) is 63.3. The second kappa shape index (κ2) is 20.6. The van der Waals surface area contributed by atoms with E-state index in [1.165, 1.54) is 66.2 Å². The molecule has 0 aliphatic carbocycles. The van der Waals surface area contributed by atoms with Crippen LogP contribution in [-0.2, 0) is 21.7 Å². The maximum atomic E-state index is 6.97. The summed E-state index contributed by atoms with van der Waals surface area (Å²) in [5.74, 6) is 0. The molecule has 0 saturated carbocycles. The molecular formula is C86H76N4O2. The van der Waals surface area contributed by atoms with E-state index in [-0.39, 0.29) is 21.7 Å². The molecule has 0 N–H and O–H groups in total. The third-order valence-electron chi connectivity index (χ3n) is 19.2. The number of fused-ring (bicyclic) bond motifs is 13. The first kappa shape index (κ1) is 56.9. The van der Waals surface area contributed by atoms with Crippen molar-refractivity contribution in [3.05, 3.63) is 265 Å². The number of rotatable bonds is 8. The molecule has 6 heteroatoms. The van der Waals surface area contributed by atoms with Crippen molar-refractivity contribution in [1.82, 2.24) is 9.13 Å². The first-order chi connectivity index (χ1) is 44.1. The number of hydrogen-bond acceptors (Lipinski definition) is 4. The summed E-state index contributed by atoms with van der Waals surface area (Å²) in [6, 6.07) is 89.5. The maximum absolute atomic E-state index is 6.97. The lowest BCUT2D eigenvalue weighted by Crippen LogP contribution is -2.17. The van der Waals surface area contributed by atoms with Crippen LogP contribution in [0.15, 0.2) is 251 Å². The van der Waals surface area contributed by atoms with Crippen molar-refractivity contribution in [3.8, 4) is 11.4 Å². The van der Waals surface area contributed by atoms with Crippen molar-refractivity contribution in [3.63, 3.8) is 0 Å². The maximum Gasteiger partial charge on any atom is 0.137 e. The van der Waals surface area contributed by atoms with Crippen LogP contribution < -0.4 is 9.80 Å². The molecule has 6 nitrogen and oxygen atoms in total. The van der Waals surface area contributed by atoms with Gasteiger partial charge in [-0.1, -0.05) is 180 Å². The average molecular weight is 1200 g/mol. The molecule has 16 aromatic rings. The number of furan rings is 2. The van der Waals surface area contributed by atoms with Crippen LogP contribution in [-0.4, -0.2) is 9.13 Å². The number of hydrogen-bond donors (Lipinski definition) is 0. The molecule has 0 saturated heterocycles. The van der Waals surface area contributed by atoms with E-state index in [1.54, 1.807) is 0 Å². The van der Waals surface area contributed by atoms with Crippen LogP contribution in [0.25, 0.3) is 110 Å². The van der Waals surface area contributed by atoms with Crippen LogP contribution in [0.5, 0.6) is 0 Å². The van der Waals surface area contributed by atoms with Crippen LogP contribution >= 0.6 is 0 Å².